The smallest absolute Gasteiger partial charge is 0.326 e. The van der Waals surface area contributed by atoms with E-state index in [1.807, 2.05) is 37.4 Å². The van der Waals surface area contributed by atoms with Gasteiger partial charge < -0.3 is 10.2 Å². The van der Waals surface area contributed by atoms with Crippen molar-refractivity contribution in [2.24, 2.45) is 13.0 Å². The molecule has 1 N–H and O–H groups in total. The molecule has 0 spiro atoms. The Morgan fingerprint density at radius 1 is 1.06 bits per heavy atom. The van der Waals surface area contributed by atoms with Crippen LogP contribution in [0, 0.1) is 5.92 Å². The molecule has 3 aromatic rings. The van der Waals surface area contributed by atoms with E-state index in [-0.39, 0.29) is 24.5 Å². The van der Waals surface area contributed by atoms with Crippen LogP contribution in [0.1, 0.15) is 25.8 Å². The highest BCUT2D eigenvalue weighted by Crippen LogP contribution is 2.35. The van der Waals surface area contributed by atoms with Crippen LogP contribution in [0.5, 0.6) is 0 Å². The molecule has 0 radical (unpaired) electrons. The highest BCUT2D eigenvalue weighted by atomic mass is 16.2. The molecule has 10 nitrogen and oxygen atoms in total. The molecule has 10 heteroatoms. The largest absolute Gasteiger partial charge is 0.353 e. The molecule has 2 fully saturated rings. The summed E-state index contributed by atoms with van der Waals surface area (Å²) in [6.45, 7) is 7.31. The summed E-state index contributed by atoms with van der Waals surface area (Å²) in [5.41, 5.74) is 0.620. The van der Waals surface area contributed by atoms with Crippen molar-refractivity contribution in [1.82, 2.24) is 34.9 Å². The third-order valence-corrected chi connectivity index (χ3v) is 6.68. The number of nitrogens with zero attached hydrogens (tertiary/aromatic N) is 7. The Labute approximate surface area is 198 Å². The minimum Gasteiger partial charge on any atom is -0.353 e. The normalized spacial score (nSPS) is 21.6. The maximum absolute atomic E-state index is 13.7. The van der Waals surface area contributed by atoms with Crippen molar-refractivity contribution in [2.45, 2.75) is 25.8 Å². The monoisotopic (exact) mass is 462 g/mol. The Hall–Kier alpha value is -3.53. The van der Waals surface area contributed by atoms with E-state index >= 15 is 0 Å². The van der Waals surface area contributed by atoms with Crippen molar-refractivity contribution in [3.05, 3.63) is 48.4 Å². The Kier molecular flexibility index (Phi) is 5.68. The molecule has 0 bridgehead atoms. The highest BCUT2D eigenvalue weighted by molar-refractivity contribution is 6.07. The number of aromatic nitrogens is 4. The van der Waals surface area contributed by atoms with Crippen LogP contribution in [0.15, 0.2) is 42.9 Å². The second-order valence-corrected chi connectivity index (χ2v) is 9.48. The second-order valence-electron chi connectivity index (χ2n) is 9.48. The topological polar surface area (TPSA) is 99.5 Å². The minimum atomic E-state index is -1.01. The number of carbonyl (C=O) groups is 2. The first-order valence-electron chi connectivity index (χ1n) is 11.7. The molecule has 0 aliphatic carbocycles. The minimum absolute atomic E-state index is 0.173. The summed E-state index contributed by atoms with van der Waals surface area (Å²) in [5, 5.41) is 8.26. The van der Waals surface area contributed by atoms with E-state index < -0.39 is 5.54 Å². The third-order valence-electron chi connectivity index (χ3n) is 6.68. The summed E-state index contributed by atoms with van der Waals surface area (Å²) in [5.74, 6) is 0.936. The number of benzene rings is 1. The number of amides is 3. The zero-order chi connectivity index (χ0) is 23.9. The first-order valence-corrected chi connectivity index (χ1v) is 11.7. The number of urea groups is 1. The maximum atomic E-state index is 13.7. The molecule has 4 heterocycles. The fraction of sp³-hybridized carbons (Fsp3) is 0.458. The molecular formula is C24H30N8O2. The van der Waals surface area contributed by atoms with Gasteiger partial charge in [0, 0.05) is 33.2 Å². The number of nitrogens with one attached hydrogen (secondary N) is 1. The van der Waals surface area contributed by atoms with Crippen molar-refractivity contribution in [1.29, 1.82) is 0 Å². The average molecular weight is 463 g/mol. The predicted octanol–water partition coefficient (Wildman–Crippen LogP) is 1.94. The summed E-state index contributed by atoms with van der Waals surface area (Å²) in [7, 11) is 1.86. The Bertz CT molecular complexity index is 1200. The van der Waals surface area contributed by atoms with Crippen molar-refractivity contribution in [2.75, 3.05) is 37.7 Å². The summed E-state index contributed by atoms with van der Waals surface area (Å²) in [6.07, 6.45) is 3.92. The molecule has 34 heavy (non-hydrogen) atoms. The Morgan fingerprint density at radius 2 is 1.79 bits per heavy atom. The number of aryl methyl sites for hydroxylation is 1. The van der Waals surface area contributed by atoms with Crippen molar-refractivity contribution < 1.29 is 9.59 Å². The van der Waals surface area contributed by atoms with Gasteiger partial charge in [-0.05, 0) is 17.9 Å². The van der Waals surface area contributed by atoms with Crippen molar-refractivity contribution >= 4 is 28.8 Å². The number of fused-ring (bicyclic) bond motifs is 1. The van der Waals surface area contributed by atoms with Crippen LogP contribution in [0.25, 0.3) is 11.0 Å². The maximum Gasteiger partial charge on any atom is 0.326 e. The lowest BCUT2D eigenvalue weighted by Crippen LogP contribution is -2.52. The molecule has 0 saturated carbocycles. The second kappa shape index (κ2) is 8.68. The highest BCUT2D eigenvalue weighted by Gasteiger charge is 2.52. The van der Waals surface area contributed by atoms with Gasteiger partial charge in [0.2, 0.25) is 0 Å². The van der Waals surface area contributed by atoms with E-state index in [1.165, 1.54) is 4.90 Å². The molecular weight excluding hydrogens is 432 g/mol. The number of hydrogen-bond donors (Lipinski definition) is 1. The average Bonchev–Trinajstić information content (AvgIpc) is 3.33. The molecule has 2 aromatic heterocycles. The molecule has 3 amide bonds. The van der Waals surface area contributed by atoms with Gasteiger partial charge >= 0.3 is 6.03 Å². The standard InChI is InChI=1S/C24H30N8O2/c1-17(2)13-24(18-7-5-4-6-8-18)22(33)32(23(34)28-24)16-30-9-11-31(12-10-30)21-19-14-27-29(3)20(19)25-15-26-21/h4-8,14-15,17H,9-13,16H2,1-3H3,(H,28,34)/t24-/m0/s1. The van der Waals surface area contributed by atoms with E-state index in [0.717, 1.165) is 35.5 Å². The van der Waals surface area contributed by atoms with Crippen LogP contribution in [-0.4, -0.2) is 74.3 Å². The fourth-order valence-corrected chi connectivity index (χ4v) is 5.04. The van der Waals surface area contributed by atoms with Gasteiger partial charge in [-0.2, -0.15) is 5.10 Å². The van der Waals surface area contributed by atoms with Gasteiger partial charge in [-0.1, -0.05) is 44.2 Å². The fourth-order valence-electron chi connectivity index (χ4n) is 5.04. The Balaban J connectivity index is 1.30. The van der Waals surface area contributed by atoms with Crippen molar-refractivity contribution in [3.8, 4) is 0 Å². The first kappa shape index (κ1) is 22.3. The van der Waals surface area contributed by atoms with Crippen LogP contribution in [0.3, 0.4) is 0 Å². The molecule has 1 atom stereocenters. The first-order chi connectivity index (χ1) is 16.4. The number of carbonyl (C=O) groups excluding carboxylic acids is 2. The number of anilines is 1. The number of rotatable bonds is 6. The lowest BCUT2D eigenvalue weighted by molar-refractivity contribution is -0.133. The molecule has 0 unspecified atom stereocenters. The van der Waals surface area contributed by atoms with E-state index in [1.54, 1.807) is 17.2 Å². The Morgan fingerprint density at radius 3 is 2.50 bits per heavy atom. The van der Waals surface area contributed by atoms with Gasteiger partial charge in [0.15, 0.2) is 5.65 Å². The third kappa shape index (κ3) is 3.77. The predicted molar refractivity (Wildman–Crippen MR) is 128 cm³/mol. The zero-order valence-corrected chi connectivity index (χ0v) is 19.8. The van der Waals surface area contributed by atoms with Gasteiger partial charge in [0.25, 0.3) is 5.91 Å². The molecule has 178 valence electrons. The summed E-state index contributed by atoms with van der Waals surface area (Å²) in [4.78, 5) is 41.2. The SMILES string of the molecule is CC(C)C[C@@]1(c2ccccc2)NC(=O)N(CN2CCN(c3ncnc4c3cnn4C)CC2)C1=O. The van der Waals surface area contributed by atoms with E-state index in [2.05, 4.69) is 44.0 Å². The van der Waals surface area contributed by atoms with Gasteiger partial charge in [0.1, 0.15) is 17.7 Å². The number of piperazine rings is 1. The quantitative estimate of drug-likeness (QED) is 0.559. The van der Waals surface area contributed by atoms with Gasteiger partial charge in [0.05, 0.1) is 18.3 Å². The number of imide groups is 1. The molecule has 1 aromatic carbocycles. The molecule has 2 saturated heterocycles. The van der Waals surface area contributed by atoms with Crippen LogP contribution < -0.4 is 10.2 Å². The summed E-state index contributed by atoms with van der Waals surface area (Å²) >= 11 is 0. The van der Waals surface area contributed by atoms with Gasteiger partial charge in [-0.15, -0.1) is 0 Å². The van der Waals surface area contributed by atoms with Gasteiger partial charge in [-0.3, -0.25) is 14.4 Å². The molecule has 5 rings (SSSR count). The van der Waals surface area contributed by atoms with Gasteiger partial charge in [-0.25, -0.2) is 19.7 Å². The van der Waals surface area contributed by atoms with E-state index in [9.17, 15) is 9.59 Å². The summed E-state index contributed by atoms with van der Waals surface area (Å²) < 4.78 is 1.74. The molecule has 2 aliphatic rings. The molecule has 2 aliphatic heterocycles. The lowest BCUT2D eigenvalue weighted by atomic mass is 9.82. The zero-order valence-electron chi connectivity index (χ0n) is 19.8. The van der Waals surface area contributed by atoms with Crippen LogP contribution in [0.2, 0.25) is 0 Å². The van der Waals surface area contributed by atoms with Crippen LogP contribution in [-0.2, 0) is 17.4 Å². The summed E-state index contributed by atoms with van der Waals surface area (Å²) in [6, 6.07) is 9.25. The van der Waals surface area contributed by atoms with Crippen LogP contribution in [0.4, 0.5) is 10.6 Å². The lowest BCUT2D eigenvalue weighted by Gasteiger charge is -2.37. The van der Waals surface area contributed by atoms with E-state index in [4.69, 9.17) is 0 Å². The number of hydrogen-bond acceptors (Lipinski definition) is 7. The van der Waals surface area contributed by atoms with Crippen LogP contribution >= 0.6 is 0 Å². The van der Waals surface area contributed by atoms with E-state index in [0.29, 0.717) is 19.5 Å². The van der Waals surface area contributed by atoms with Crippen molar-refractivity contribution in [3.63, 3.8) is 0 Å².